The summed E-state index contributed by atoms with van der Waals surface area (Å²) in [4.78, 5) is 36.2. The first kappa shape index (κ1) is 20.8. The van der Waals surface area contributed by atoms with Gasteiger partial charge in [-0.2, -0.15) is 0 Å². The van der Waals surface area contributed by atoms with E-state index in [2.05, 4.69) is 15.8 Å². The minimum absolute atomic E-state index is 0.00762. The Kier molecular flexibility index (Phi) is 6.59. The number of aryl methyl sites for hydroxylation is 1. The van der Waals surface area contributed by atoms with Gasteiger partial charge in [-0.15, -0.1) is 0 Å². The third kappa shape index (κ3) is 5.54. The summed E-state index contributed by atoms with van der Waals surface area (Å²) in [7, 11) is 0. The molecule has 3 rings (SSSR count). The van der Waals surface area contributed by atoms with E-state index in [1.54, 1.807) is 12.1 Å². The zero-order valence-corrected chi connectivity index (χ0v) is 16.4. The van der Waals surface area contributed by atoms with Gasteiger partial charge in [-0.3, -0.25) is 14.4 Å². The first-order chi connectivity index (χ1) is 14.4. The predicted octanol–water partition coefficient (Wildman–Crippen LogP) is 2.26. The second-order valence-electron chi connectivity index (χ2n) is 6.83. The standard InChI is InChI=1S/C22H22N4O4/c1-14-7-9-16(10-8-14)22(29)25-18(15-5-3-2-4-6-15)12-20(27)24-13-17-11-19(21(23)28)26-30-17/h2-11,18H,12-13H2,1H3,(H2,23,28)(H,24,27)(H,25,29). The highest BCUT2D eigenvalue weighted by Gasteiger charge is 2.19. The highest BCUT2D eigenvalue weighted by molar-refractivity contribution is 5.95. The molecule has 1 unspecified atom stereocenters. The number of nitrogens with zero attached hydrogens (tertiary/aromatic N) is 1. The Morgan fingerprint density at radius 2 is 1.77 bits per heavy atom. The van der Waals surface area contributed by atoms with Crippen molar-refractivity contribution in [3.63, 3.8) is 0 Å². The SMILES string of the molecule is Cc1ccc(C(=O)NC(CC(=O)NCc2cc(C(N)=O)no2)c2ccccc2)cc1. The van der Waals surface area contributed by atoms with Crippen LogP contribution in [0.2, 0.25) is 0 Å². The molecule has 4 N–H and O–H groups in total. The summed E-state index contributed by atoms with van der Waals surface area (Å²) in [5.74, 6) is -0.973. The first-order valence-corrected chi connectivity index (χ1v) is 9.37. The summed E-state index contributed by atoms with van der Waals surface area (Å²) < 4.78 is 4.96. The van der Waals surface area contributed by atoms with Gasteiger partial charge in [-0.05, 0) is 24.6 Å². The van der Waals surface area contributed by atoms with Crippen LogP contribution in [0.3, 0.4) is 0 Å². The lowest BCUT2D eigenvalue weighted by Gasteiger charge is -2.19. The summed E-state index contributed by atoms with van der Waals surface area (Å²) in [6, 6.07) is 17.3. The molecule has 2 aromatic carbocycles. The van der Waals surface area contributed by atoms with Crippen LogP contribution in [0.1, 0.15) is 50.2 Å². The van der Waals surface area contributed by atoms with Crippen LogP contribution >= 0.6 is 0 Å². The maximum atomic E-state index is 12.7. The highest BCUT2D eigenvalue weighted by atomic mass is 16.5. The zero-order chi connectivity index (χ0) is 21.5. The van der Waals surface area contributed by atoms with E-state index >= 15 is 0 Å². The van der Waals surface area contributed by atoms with Crippen molar-refractivity contribution < 1.29 is 18.9 Å². The van der Waals surface area contributed by atoms with Crippen molar-refractivity contribution in [2.24, 2.45) is 5.73 Å². The number of nitrogens with one attached hydrogen (secondary N) is 2. The van der Waals surface area contributed by atoms with Gasteiger partial charge in [0.05, 0.1) is 19.0 Å². The summed E-state index contributed by atoms with van der Waals surface area (Å²) in [5, 5.41) is 9.14. The Morgan fingerprint density at radius 1 is 1.07 bits per heavy atom. The second kappa shape index (κ2) is 9.51. The topological polar surface area (TPSA) is 127 Å². The van der Waals surface area contributed by atoms with E-state index in [0.717, 1.165) is 11.1 Å². The van der Waals surface area contributed by atoms with E-state index in [4.69, 9.17) is 10.3 Å². The Morgan fingerprint density at radius 3 is 2.40 bits per heavy atom. The largest absolute Gasteiger partial charge is 0.364 e. The number of primary amides is 1. The molecule has 0 aliphatic carbocycles. The number of rotatable bonds is 8. The molecule has 30 heavy (non-hydrogen) atoms. The number of carbonyl (C=O) groups excluding carboxylic acids is 3. The van der Waals surface area contributed by atoms with E-state index in [0.29, 0.717) is 11.3 Å². The molecule has 8 nitrogen and oxygen atoms in total. The fourth-order valence-electron chi connectivity index (χ4n) is 2.84. The Hall–Kier alpha value is -3.94. The molecule has 154 valence electrons. The van der Waals surface area contributed by atoms with Crippen LogP contribution in [-0.2, 0) is 11.3 Å². The van der Waals surface area contributed by atoms with Crippen LogP contribution in [0.15, 0.2) is 65.2 Å². The molecule has 0 saturated heterocycles. The van der Waals surface area contributed by atoms with Gasteiger partial charge in [-0.1, -0.05) is 53.2 Å². The van der Waals surface area contributed by atoms with Crippen LogP contribution in [0.5, 0.6) is 0 Å². The molecule has 3 amide bonds. The number of benzene rings is 2. The maximum absolute atomic E-state index is 12.7. The van der Waals surface area contributed by atoms with Crippen molar-refractivity contribution in [2.75, 3.05) is 0 Å². The van der Waals surface area contributed by atoms with Crippen molar-refractivity contribution in [1.82, 2.24) is 15.8 Å². The average Bonchev–Trinajstić information content (AvgIpc) is 3.22. The van der Waals surface area contributed by atoms with Crippen molar-refractivity contribution in [2.45, 2.75) is 25.9 Å². The molecule has 3 aromatic rings. The number of aromatic nitrogens is 1. The quantitative estimate of drug-likeness (QED) is 0.529. The summed E-state index contributed by atoms with van der Waals surface area (Å²) in [5.41, 5.74) is 7.50. The lowest BCUT2D eigenvalue weighted by atomic mass is 10.0. The van der Waals surface area contributed by atoms with Crippen molar-refractivity contribution in [1.29, 1.82) is 0 Å². The van der Waals surface area contributed by atoms with Gasteiger partial charge < -0.3 is 20.9 Å². The molecule has 0 bridgehead atoms. The van der Waals surface area contributed by atoms with Gasteiger partial charge in [0, 0.05) is 11.6 Å². The first-order valence-electron chi connectivity index (χ1n) is 9.37. The molecular weight excluding hydrogens is 384 g/mol. The summed E-state index contributed by atoms with van der Waals surface area (Å²) in [6.07, 6.45) is 0.0262. The predicted molar refractivity (Wildman–Crippen MR) is 109 cm³/mol. The van der Waals surface area contributed by atoms with Gasteiger partial charge in [0.2, 0.25) is 5.91 Å². The normalized spacial score (nSPS) is 11.5. The lowest BCUT2D eigenvalue weighted by Crippen LogP contribution is -2.33. The van der Waals surface area contributed by atoms with E-state index in [9.17, 15) is 14.4 Å². The van der Waals surface area contributed by atoms with Gasteiger partial charge in [0.25, 0.3) is 11.8 Å². The van der Waals surface area contributed by atoms with Crippen molar-refractivity contribution in [3.05, 3.63) is 88.8 Å². The molecule has 0 radical (unpaired) electrons. The van der Waals surface area contributed by atoms with Crippen LogP contribution in [0.25, 0.3) is 0 Å². The lowest BCUT2D eigenvalue weighted by molar-refractivity contribution is -0.121. The number of nitrogens with two attached hydrogens (primary N) is 1. The average molecular weight is 406 g/mol. The number of amides is 3. The molecule has 0 aliphatic heterocycles. The number of hydrogen-bond donors (Lipinski definition) is 3. The number of hydrogen-bond acceptors (Lipinski definition) is 5. The van der Waals surface area contributed by atoms with Gasteiger partial charge in [0.15, 0.2) is 11.5 Å². The summed E-state index contributed by atoms with van der Waals surface area (Å²) >= 11 is 0. The molecule has 0 spiro atoms. The van der Waals surface area contributed by atoms with Gasteiger partial charge >= 0.3 is 0 Å². The molecule has 1 atom stereocenters. The molecule has 1 aromatic heterocycles. The van der Waals surface area contributed by atoms with Crippen LogP contribution in [0, 0.1) is 6.92 Å². The molecular formula is C22H22N4O4. The second-order valence-corrected chi connectivity index (χ2v) is 6.83. The minimum atomic E-state index is -0.709. The van der Waals surface area contributed by atoms with Crippen LogP contribution in [-0.4, -0.2) is 22.9 Å². The molecule has 1 heterocycles. The molecule has 0 fully saturated rings. The smallest absolute Gasteiger partial charge is 0.270 e. The van der Waals surface area contributed by atoms with Crippen LogP contribution < -0.4 is 16.4 Å². The maximum Gasteiger partial charge on any atom is 0.270 e. The Labute approximate surface area is 173 Å². The minimum Gasteiger partial charge on any atom is -0.364 e. The fourth-order valence-corrected chi connectivity index (χ4v) is 2.84. The third-order valence-corrected chi connectivity index (χ3v) is 4.48. The molecule has 0 saturated carbocycles. The van der Waals surface area contributed by atoms with E-state index < -0.39 is 11.9 Å². The van der Waals surface area contributed by atoms with E-state index in [1.165, 1.54) is 6.07 Å². The van der Waals surface area contributed by atoms with E-state index in [-0.39, 0.29) is 30.5 Å². The monoisotopic (exact) mass is 406 g/mol. The zero-order valence-electron chi connectivity index (χ0n) is 16.4. The van der Waals surface area contributed by atoms with E-state index in [1.807, 2.05) is 49.4 Å². The Bertz CT molecular complexity index is 1030. The Balaban J connectivity index is 1.66. The number of carbonyl (C=O) groups is 3. The van der Waals surface area contributed by atoms with Crippen LogP contribution in [0.4, 0.5) is 0 Å². The third-order valence-electron chi connectivity index (χ3n) is 4.48. The van der Waals surface area contributed by atoms with Gasteiger partial charge in [0.1, 0.15) is 0 Å². The molecule has 8 heteroatoms. The van der Waals surface area contributed by atoms with Crippen molar-refractivity contribution in [3.8, 4) is 0 Å². The van der Waals surface area contributed by atoms with Crippen molar-refractivity contribution >= 4 is 17.7 Å². The summed E-state index contributed by atoms with van der Waals surface area (Å²) in [6.45, 7) is 1.99. The fraction of sp³-hybridized carbons (Fsp3) is 0.182. The van der Waals surface area contributed by atoms with Gasteiger partial charge in [-0.25, -0.2) is 0 Å². The molecule has 0 aliphatic rings. The highest BCUT2D eigenvalue weighted by Crippen LogP contribution is 2.18.